The van der Waals surface area contributed by atoms with Crippen molar-refractivity contribution in [2.24, 2.45) is 0 Å². The van der Waals surface area contributed by atoms with Gasteiger partial charge >= 0.3 is 6.03 Å². The molecule has 0 spiro atoms. The number of anilines is 1. The fourth-order valence-electron chi connectivity index (χ4n) is 2.46. The second-order valence-corrected chi connectivity index (χ2v) is 5.17. The number of likely N-dealkylation sites (tertiary alicyclic amines) is 1. The number of hydrogen-bond acceptors (Lipinski definition) is 4. The van der Waals surface area contributed by atoms with E-state index in [9.17, 15) is 4.79 Å². The number of piperidine rings is 1. The Morgan fingerprint density at radius 1 is 1.27 bits per heavy atom. The molecule has 6 nitrogen and oxygen atoms in total. The SMILES string of the molecule is O=C(Nc1ccccc1)N1CCCC(Oc2cnccn2)C1. The monoisotopic (exact) mass is 298 g/mol. The van der Waals surface area contributed by atoms with Crippen LogP contribution in [0.3, 0.4) is 0 Å². The van der Waals surface area contributed by atoms with Gasteiger partial charge in [0, 0.05) is 24.6 Å². The fourth-order valence-corrected chi connectivity index (χ4v) is 2.46. The van der Waals surface area contributed by atoms with E-state index >= 15 is 0 Å². The van der Waals surface area contributed by atoms with Crippen LogP contribution in [0.15, 0.2) is 48.9 Å². The van der Waals surface area contributed by atoms with E-state index in [0.29, 0.717) is 12.4 Å². The predicted molar refractivity (Wildman–Crippen MR) is 82.7 cm³/mol. The first-order valence-electron chi connectivity index (χ1n) is 7.35. The van der Waals surface area contributed by atoms with Crippen LogP contribution in [0.25, 0.3) is 0 Å². The second kappa shape index (κ2) is 6.89. The molecule has 114 valence electrons. The summed E-state index contributed by atoms with van der Waals surface area (Å²) in [4.78, 5) is 22.2. The Kier molecular flexibility index (Phi) is 4.48. The van der Waals surface area contributed by atoms with Crippen molar-refractivity contribution in [3.8, 4) is 5.88 Å². The summed E-state index contributed by atoms with van der Waals surface area (Å²) < 4.78 is 5.79. The van der Waals surface area contributed by atoms with E-state index in [2.05, 4.69) is 15.3 Å². The Hall–Kier alpha value is -2.63. The average molecular weight is 298 g/mol. The predicted octanol–water partition coefficient (Wildman–Crippen LogP) is 2.55. The lowest BCUT2D eigenvalue weighted by atomic mass is 10.1. The summed E-state index contributed by atoms with van der Waals surface area (Å²) in [5, 5.41) is 2.90. The normalized spacial score (nSPS) is 17.8. The first-order chi connectivity index (χ1) is 10.8. The maximum absolute atomic E-state index is 12.3. The molecule has 0 radical (unpaired) electrons. The van der Waals surface area contributed by atoms with Gasteiger partial charge in [-0.05, 0) is 25.0 Å². The summed E-state index contributed by atoms with van der Waals surface area (Å²) in [7, 11) is 0. The molecule has 2 aromatic rings. The quantitative estimate of drug-likeness (QED) is 0.945. The van der Waals surface area contributed by atoms with Gasteiger partial charge in [0.15, 0.2) is 0 Å². The van der Waals surface area contributed by atoms with Crippen LogP contribution >= 0.6 is 0 Å². The van der Waals surface area contributed by atoms with E-state index < -0.39 is 0 Å². The number of aromatic nitrogens is 2. The molecule has 22 heavy (non-hydrogen) atoms. The maximum atomic E-state index is 12.3. The Morgan fingerprint density at radius 3 is 2.91 bits per heavy atom. The zero-order valence-electron chi connectivity index (χ0n) is 12.2. The number of benzene rings is 1. The lowest BCUT2D eigenvalue weighted by Crippen LogP contribution is -2.46. The molecule has 1 fully saturated rings. The molecular formula is C16H18N4O2. The van der Waals surface area contributed by atoms with Crippen LogP contribution in [0.1, 0.15) is 12.8 Å². The number of urea groups is 1. The highest BCUT2D eigenvalue weighted by atomic mass is 16.5. The number of para-hydroxylation sites is 1. The number of carbonyl (C=O) groups is 1. The molecule has 3 rings (SSSR count). The van der Waals surface area contributed by atoms with Gasteiger partial charge in [0.1, 0.15) is 6.10 Å². The second-order valence-electron chi connectivity index (χ2n) is 5.17. The van der Waals surface area contributed by atoms with Crippen LogP contribution in [-0.4, -0.2) is 40.1 Å². The molecule has 1 saturated heterocycles. The van der Waals surface area contributed by atoms with E-state index in [-0.39, 0.29) is 12.1 Å². The number of hydrogen-bond donors (Lipinski definition) is 1. The largest absolute Gasteiger partial charge is 0.471 e. The molecule has 0 saturated carbocycles. The van der Waals surface area contributed by atoms with Crippen molar-refractivity contribution in [2.45, 2.75) is 18.9 Å². The molecule has 1 unspecified atom stereocenters. The molecule has 0 bridgehead atoms. The third-order valence-electron chi connectivity index (χ3n) is 3.52. The van der Waals surface area contributed by atoms with Gasteiger partial charge in [-0.1, -0.05) is 18.2 Å². The number of rotatable bonds is 3. The van der Waals surface area contributed by atoms with Crippen LogP contribution in [0, 0.1) is 0 Å². The Labute approximate surface area is 129 Å². The number of ether oxygens (including phenoxy) is 1. The van der Waals surface area contributed by atoms with Gasteiger partial charge in [-0.3, -0.25) is 4.98 Å². The van der Waals surface area contributed by atoms with Crippen LogP contribution in [-0.2, 0) is 0 Å². The van der Waals surface area contributed by atoms with Gasteiger partial charge in [0.25, 0.3) is 0 Å². The van der Waals surface area contributed by atoms with Crippen molar-refractivity contribution in [2.75, 3.05) is 18.4 Å². The number of amides is 2. The van der Waals surface area contributed by atoms with Crippen molar-refractivity contribution < 1.29 is 9.53 Å². The lowest BCUT2D eigenvalue weighted by molar-refractivity contribution is 0.102. The van der Waals surface area contributed by atoms with E-state index in [1.54, 1.807) is 23.5 Å². The van der Waals surface area contributed by atoms with Crippen molar-refractivity contribution in [1.82, 2.24) is 14.9 Å². The van der Waals surface area contributed by atoms with E-state index in [1.165, 1.54) is 0 Å². The van der Waals surface area contributed by atoms with Crippen molar-refractivity contribution in [1.29, 1.82) is 0 Å². The maximum Gasteiger partial charge on any atom is 0.321 e. The molecule has 1 aromatic carbocycles. The van der Waals surface area contributed by atoms with Crippen LogP contribution in [0.4, 0.5) is 10.5 Å². The first kappa shape index (κ1) is 14.3. The molecule has 1 N–H and O–H groups in total. The molecular weight excluding hydrogens is 280 g/mol. The third kappa shape index (κ3) is 3.72. The fraction of sp³-hybridized carbons (Fsp3) is 0.312. The van der Waals surface area contributed by atoms with Gasteiger partial charge in [0.05, 0.1) is 12.7 Å². The Morgan fingerprint density at radius 2 is 2.14 bits per heavy atom. The first-order valence-corrected chi connectivity index (χ1v) is 7.35. The average Bonchev–Trinajstić information content (AvgIpc) is 2.57. The molecule has 2 heterocycles. The minimum Gasteiger partial charge on any atom is -0.471 e. The molecule has 6 heteroatoms. The molecule has 0 aliphatic carbocycles. The minimum absolute atomic E-state index is 0.0491. The highest BCUT2D eigenvalue weighted by Gasteiger charge is 2.25. The Balaban J connectivity index is 1.57. The van der Waals surface area contributed by atoms with Crippen LogP contribution < -0.4 is 10.1 Å². The number of nitrogens with one attached hydrogen (secondary N) is 1. The van der Waals surface area contributed by atoms with Gasteiger partial charge in [-0.25, -0.2) is 9.78 Å². The van der Waals surface area contributed by atoms with Crippen molar-refractivity contribution >= 4 is 11.7 Å². The summed E-state index contributed by atoms with van der Waals surface area (Å²) in [6.45, 7) is 1.29. The smallest absolute Gasteiger partial charge is 0.321 e. The lowest BCUT2D eigenvalue weighted by Gasteiger charge is -2.32. The van der Waals surface area contributed by atoms with Gasteiger partial charge in [-0.15, -0.1) is 0 Å². The van der Waals surface area contributed by atoms with Gasteiger partial charge < -0.3 is 15.0 Å². The van der Waals surface area contributed by atoms with Crippen molar-refractivity contribution in [3.05, 3.63) is 48.9 Å². The Bertz CT molecular complexity index is 606. The molecule has 2 amide bonds. The summed E-state index contributed by atoms with van der Waals surface area (Å²) in [5.41, 5.74) is 0.796. The summed E-state index contributed by atoms with van der Waals surface area (Å²) in [5.74, 6) is 0.498. The summed E-state index contributed by atoms with van der Waals surface area (Å²) in [6, 6.07) is 9.35. The number of nitrogens with zero attached hydrogens (tertiary/aromatic N) is 3. The van der Waals surface area contributed by atoms with Gasteiger partial charge in [-0.2, -0.15) is 0 Å². The van der Waals surface area contributed by atoms with Crippen LogP contribution in [0.5, 0.6) is 5.88 Å². The molecule has 1 aliphatic heterocycles. The highest BCUT2D eigenvalue weighted by molar-refractivity contribution is 5.89. The molecule has 1 atom stereocenters. The van der Waals surface area contributed by atoms with E-state index in [0.717, 1.165) is 25.1 Å². The highest BCUT2D eigenvalue weighted by Crippen LogP contribution is 2.17. The molecule has 1 aromatic heterocycles. The summed E-state index contributed by atoms with van der Waals surface area (Å²) >= 11 is 0. The summed E-state index contributed by atoms with van der Waals surface area (Å²) in [6.07, 6.45) is 6.56. The minimum atomic E-state index is -0.0985. The van der Waals surface area contributed by atoms with Crippen LogP contribution in [0.2, 0.25) is 0 Å². The van der Waals surface area contributed by atoms with E-state index in [1.807, 2.05) is 30.3 Å². The van der Waals surface area contributed by atoms with Gasteiger partial charge in [0.2, 0.25) is 5.88 Å². The standard InChI is InChI=1S/C16H18N4O2/c21-16(19-13-5-2-1-3-6-13)20-10-4-7-14(12-20)22-15-11-17-8-9-18-15/h1-3,5-6,8-9,11,14H,4,7,10,12H2,(H,19,21). The van der Waals surface area contributed by atoms with E-state index in [4.69, 9.17) is 4.74 Å². The zero-order chi connectivity index (χ0) is 15.2. The zero-order valence-corrected chi connectivity index (χ0v) is 12.2. The third-order valence-corrected chi connectivity index (χ3v) is 3.52. The number of carbonyl (C=O) groups excluding carboxylic acids is 1. The molecule has 1 aliphatic rings. The van der Waals surface area contributed by atoms with Crippen molar-refractivity contribution in [3.63, 3.8) is 0 Å². The topological polar surface area (TPSA) is 67.4 Å².